The molecule has 2 saturated carbocycles. The minimum absolute atomic E-state index is 0.0416. The second-order valence-electron chi connectivity index (χ2n) is 15.4. The second kappa shape index (κ2) is 11.7. The lowest BCUT2D eigenvalue weighted by Crippen LogP contribution is -2.61. The van der Waals surface area contributed by atoms with Crippen molar-refractivity contribution in [3.05, 3.63) is 0 Å². The number of amides is 5. The van der Waals surface area contributed by atoms with Crippen LogP contribution in [0.2, 0.25) is 0 Å². The highest BCUT2D eigenvalue weighted by atomic mass is 19.3. The van der Waals surface area contributed by atoms with E-state index in [0.29, 0.717) is 19.3 Å². The van der Waals surface area contributed by atoms with Crippen LogP contribution in [0.4, 0.5) is 13.6 Å². The van der Waals surface area contributed by atoms with Gasteiger partial charge in [0.1, 0.15) is 23.6 Å². The Labute approximate surface area is 258 Å². The Morgan fingerprint density at radius 1 is 1.09 bits per heavy atom. The molecule has 44 heavy (non-hydrogen) atoms. The van der Waals surface area contributed by atoms with Crippen LogP contribution in [0.3, 0.4) is 0 Å². The molecule has 13 heteroatoms. The van der Waals surface area contributed by atoms with Crippen molar-refractivity contribution in [3.63, 3.8) is 0 Å². The van der Waals surface area contributed by atoms with Crippen LogP contribution in [0.15, 0.2) is 0 Å². The van der Waals surface area contributed by atoms with Gasteiger partial charge in [-0.05, 0) is 77.6 Å². The van der Waals surface area contributed by atoms with E-state index in [4.69, 9.17) is 4.74 Å². The van der Waals surface area contributed by atoms with E-state index in [2.05, 4.69) is 16.1 Å². The Morgan fingerprint density at radius 3 is 2.25 bits per heavy atom. The fourth-order valence-electron chi connectivity index (χ4n) is 6.82. The molecule has 0 bridgehead atoms. The van der Waals surface area contributed by atoms with Gasteiger partial charge in [0.25, 0.3) is 11.8 Å². The van der Waals surface area contributed by atoms with Gasteiger partial charge in [-0.1, -0.05) is 27.2 Å². The second-order valence-corrected chi connectivity index (χ2v) is 15.4. The predicted molar refractivity (Wildman–Crippen MR) is 157 cm³/mol. The number of hydrogen-bond acceptors (Lipinski definition) is 6. The molecule has 0 radical (unpaired) electrons. The maximum absolute atomic E-state index is 14.2. The van der Waals surface area contributed by atoms with Crippen molar-refractivity contribution in [2.45, 2.75) is 123 Å². The summed E-state index contributed by atoms with van der Waals surface area (Å²) in [5.74, 6) is -7.50. The first-order valence-electron chi connectivity index (χ1n) is 15.8. The van der Waals surface area contributed by atoms with Crippen molar-refractivity contribution in [2.24, 2.45) is 29.1 Å². The average molecular weight is 626 g/mol. The van der Waals surface area contributed by atoms with E-state index in [9.17, 15) is 32.8 Å². The number of halogens is 2. The van der Waals surface area contributed by atoms with Crippen molar-refractivity contribution in [1.29, 1.82) is 0 Å². The van der Waals surface area contributed by atoms with Crippen LogP contribution in [0, 0.1) is 29.1 Å². The Morgan fingerprint density at radius 2 is 1.73 bits per heavy atom. The van der Waals surface area contributed by atoms with Crippen LogP contribution in [0.5, 0.6) is 0 Å². The van der Waals surface area contributed by atoms with Crippen molar-refractivity contribution in [2.75, 3.05) is 13.1 Å². The number of nitrogens with zero attached hydrogens (tertiary/aromatic N) is 2. The highest BCUT2D eigenvalue weighted by Crippen LogP contribution is 2.49. The SMILES string of the molecule is CCC(C)(C)[C@H](NC(=O)C1CC1(F)F)C(=O)N1C[C@@H]2CCC[C@@H]2[C@H]1C(=O)NN(CC1CC(C)(C)NC1=O)C(=O)OC(C)(C)C. The Balaban J connectivity index is 1.59. The standard InChI is InChI=1S/C31H49F2N5O6/c1-9-29(5,6)22(34-24(40)20-14-31(20,32)33)26(42)37-15-17-11-10-12-19(17)21(37)25(41)36-38(27(43)44-28(2,3)4)16-18-13-30(7,8)35-23(18)39/h17-22H,9-16H2,1-8H3,(H,34,40)(H,35,39)(H,36,41)/t17-,18?,19-,20?,21-,22+/m0/s1. The van der Waals surface area contributed by atoms with Gasteiger partial charge in [-0.3, -0.25) is 24.6 Å². The zero-order chi connectivity index (χ0) is 33.0. The van der Waals surface area contributed by atoms with E-state index < -0.39 is 76.6 Å². The molecule has 0 spiro atoms. The van der Waals surface area contributed by atoms with Crippen molar-refractivity contribution >= 4 is 29.7 Å². The zero-order valence-electron chi connectivity index (χ0n) is 27.2. The van der Waals surface area contributed by atoms with Crippen molar-refractivity contribution < 1.29 is 37.5 Å². The lowest BCUT2D eigenvalue weighted by molar-refractivity contribution is -0.147. The van der Waals surface area contributed by atoms with Crippen LogP contribution < -0.4 is 16.1 Å². The minimum Gasteiger partial charge on any atom is -0.442 e. The third-order valence-corrected chi connectivity index (χ3v) is 9.66. The van der Waals surface area contributed by atoms with Gasteiger partial charge in [-0.2, -0.15) is 0 Å². The van der Waals surface area contributed by atoms with Crippen LogP contribution >= 0.6 is 0 Å². The zero-order valence-corrected chi connectivity index (χ0v) is 27.2. The molecule has 0 aromatic carbocycles. The molecule has 4 rings (SSSR count). The highest BCUT2D eigenvalue weighted by molar-refractivity contribution is 5.95. The molecule has 2 aliphatic heterocycles. The lowest BCUT2D eigenvalue weighted by Gasteiger charge is -2.38. The number of carbonyl (C=O) groups excluding carboxylic acids is 5. The third-order valence-electron chi connectivity index (χ3n) is 9.66. The normalized spacial score (nSPS) is 29.4. The molecule has 5 amide bonds. The van der Waals surface area contributed by atoms with Crippen LogP contribution in [0.1, 0.15) is 93.9 Å². The number of ether oxygens (including phenoxy) is 1. The summed E-state index contributed by atoms with van der Waals surface area (Å²) in [6.45, 7) is 14.4. The van der Waals surface area contributed by atoms with E-state index >= 15 is 0 Å². The molecule has 2 aliphatic carbocycles. The number of rotatable bonds is 8. The third kappa shape index (κ3) is 7.28. The van der Waals surface area contributed by atoms with Gasteiger partial charge in [0, 0.05) is 18.5 Å². The molecule has 4 fully saturated rings. The molecule has 11 nitrogen and oxygen atoms in total. The molecule has 2 unspecified atom stereocenters. The lowest BCUT2D eigenvalue weighted by atomic mass is 9.80. The van der Waals surface area contributed by atoms with E-state index in [1.54, 1.807) is 34.6 Å². The van der Waals surface area contributed by atoms with Gasteiger partial charge in [0.05, 0.1) is 12.5 Å². The van der Waals surface area contributed by atoms with Gasteiger partial charge in [0.2, 0.25) is 17.7 Å². The first kappa shape index (κ1) is 33.9. The number of carbonyl (C=O) groups is 5. The van der Waals surface area contributed by atoms with Crippen molar-refractivity contribution in [1.82, 2.24) is 26.0 Å². The number of nitrogens with one attached hydrogen (secondary N) is 3. The summed E-state index contributed by atoms with van der Waals surface area (Å²) in [6, 6.07) is -2.08. The first-order chi connectivity index (χ1) is 20.2. The summed E-state index contributed by atoms with van der Waals surface area (Å²) in [4.78, 5) is 68.5. The van der Waals surface area contributed by atoms with E-state index in [0.717, 1.165) is 17.9 Å². The van der Waals surface area contributed by atoms with Crippen LogP contribution in [0.25, 0.3) is 0 Å². The quantitative estimate of drug-likeness (QED) is 0.354. The molecular weight excluding hydrogens is 576 g/mol. The summed E-state index contributed by atoms with van der Waals surface area (Å²) in [5.41, 5.74) is 0.538. The molecular formula is C31H49F2N5O6. The number of hydrogen-bond donors (Lipinski definition) is 3. The summed E-state index contributed by atoms with van der Waals surface area (Å²) in [5, 5.41) is 6.52. The Kier molecular flexibility index (Phi) is 9.04. The molecule has 6 atom stereocenters. The maximum Gasteiger partial charge on any atom is 0.429 e. The summed E-state index contributed by atoms with van der Waals surface area (Å²) in [6.07, 6.45) is 1.91. The van der Waals surface area contributed by atoms with E-state index in [-0.39, 0.29) is 30.8 Å². The average Bonchev–Trinajstić information content (AvgIpc) is 3.18. The van der Waals surface area contributed by atoms with Crippen LogP contribution in [-0.2, 0) is 23.9 Å². The van der Waals surface area contributed by atoms with Gasteiger partial charge in [-0.25, -0.2) is 18.6 Å². The smallest absolute Gasteiger partial charge is 0.429 e. The van der Waals surface area contributed by atoms with E-state index in [1.807, 2.05) is 20.8 Å². The van der Waals surface area contributed by atoms with Gasteiger partial charge in [-0.15, -0.1) is 0 Å². The molecule has 2 saturated heterocycles. The number of fused-ring (bicyclic) bond motifs is 1. The fourth-order valence-corrected chi connectivity index (χ4v) is 6.82. The molecule has 0 aromatic rings. The molecule has 2 heterocycles. The monoisotopic (exact) mass is 625 g/mol. The van der Waals surface area contributed by atoms with Crippen LogP contribution in [-0.4, -0.2) is 81.9 Å². The highest BCUT2D eigenvalue weighted by Gasteiger charge is 2.62. The largest absolute Gasteiger partial charge is 0.442 e. The first-order valence-corrected chi connectivity index (χ1v) is 15.8. The summed E-state index contributed by atoms with van der Waals surface area (Å²) >= 11 is 0. The summed E-state index contributed by atoms with van der Waals surface area (Å²) < 4.78 is 33.0. The number of likely N-dealkylation sites (tertiary alicyclic amines) is 1. The van der Waals surface area contributed by atoms with Crippen molar-refractivity contribution in [3.8, 4) is 0 Å². The minimum atomic E-state index is -3.09. The number of alkyl halides is 2. The fraction of sp³-hybridized carbons (Fsp3) is 0.839. The van der Waals surface area contributed by atoms with E-state index in [1.165, 1.54) is 4.90 Å². The molecule has 248 valence electrons. The molecule has 3 N–H and O–H groups in total. The van der Waals surface area contributed by atoms with Gasteiger partial charge >= 0.3 is 6.09 Å². The number of hydrazine groups is 1. The van der Waals surface area contributed by atoms with Gasteiger partial charge < -0.3 is 20.3 Å². The topological polar surface area (TPSA) is 137 Å². The maximum atomic E-state index is 14.2. The molecule has 4 aliphatic rings. The molecule has 0 aromatic heterocycles. The predicted octanol–water partition coefficient (Wildman–Crippen LogP) is 3.37. The Bertz CT molecular complexity index is 1180. The Hall–Kier alpha value is -2.99. The van der Waals surface area contributed by atoms with Gasteiger partial charge in [0.15, 0.2) is 0 Å². The summed E-state index contributed by atoms with van der Waals surface area (Å²) in [7, 11) is 0.